The van der Waals surface area contributed by atoms with Crippen LogP contribution in [0.3, 0.4) is 0 Å². The van der Waals surface area contributed by atoms with Crippen molar-refractivity contribution in [3.63, 3.8) is 0 Å². The molecule has 3 heterocycles. The number of guanidine groups is 1. The zero-order valence-electron chi connectivity index (χ0n) is 16.7. The number of fused-ring (bicyclic) bond motifs is 1. The van der Waals surface area contributed by atoms with Crippen LogP contribution in [0.4, 0.5) is 0 Å². The number of aromatic nitrogens is 1. The lowest BCUT2D eigenvalue weighted by atomic mass is 10.0. The third kappa shape index (κ3) is 5.14. The van der Waals surface area contributed by atoms with Gasteiger partial charge in [-0.3, -0.25) is 4.99 Å². The molecular weight excluding hydrogens is 372 g/mol. The summed E-state index contributed by atoms with van der Waals surface area (Å²) in [6.07, 6.45) is 9.95. The van der Waals surface area contributed by atoms with Gasteiger partial charge in [0.2, 0.25) is 0 Å². The van der Waals surface area contributed by atoms with Crippen molar-refractivity contribution < 1.29 is 9.15 Å². The summed E-state index contributed by atoms with van der Waals surface area (Å²) < 4.78 is 11.2. The van der Waals surface area contributed by atoms with E-state index in [0.29, 0.717) is 6.54 Å². The predicted molar refractivity (Wildman–Crippen MR) is 112 cm³/mol. The molecule has 1 atom stereocenters. The third-order valence-electron chi connectivity index (χ3n) is 5.33. The van der Waals surface area contributed by atoms with Crippen LogP contribution in [0.25, 0.3) is 0 Å². The molecule has 152 valence electrons. The number of nitrogens with one attached hydrogen (secondary N) is 1. The van der Waals surface area contributed by atoms with Crippen molar-refractivity contribution in [2.24, 2.45) is 4.99 Å². The average Bonchev–Trinajstić information content (AvgIpc) is 3.45. The molecule has 7 heteroatoms. The summed E-state index contributed by atoms with van der Waals surface area (Å²) >= 11 is 1.87. The maximum Gasteiger partial charge on any atom is 0.194 e. The number of aryl methyl sites for hydroxylation is 2. The van der Waals surface area contributed by atoms with Gasteiger partial charge in [-0.15, -0.1) is 11.3 Å². The van der Waals surface area contributed by atoms with Gasteiger partial charge in [0.25, 0.3) is 0 Å². The van der Waals surface area contributed by atoms with Crippen LogP contribution in [0.2, 0.25) is 0 Å². The van der Waals surface area contributed by atoms with E-state index in [4.69, 9.17) is 19.1 Å². The van der Waals surface area contributed by atoms with Gasteiger partial charge in [0.15, 0.2) is 5.96 Å². The summed E-state index contributed by atoms with van der Waals surface area (Å²) in [6.45, 7) is 3.15. The topological polar surface area (TPSA) is 62.9 Å². The highest BCUT2D eigenvalue weighted by Crippen LogP contribution is 2.27. The second-order valence-corrected chi connectivity index (χ2v) is 8.76. The van der Waals surface area contributed by atoms with Crippen molar-refractivity contribution in [3.05, 3.63) is 39.7 Å². The minimum atomic E-state index is 0.252. The summed E-state index contributed by atoms with van der Waals surface area (Å²) in [4.78, 5) is 13.4. The van der Waals surface area contributed by atoms with Gasteiger partial charge in [-0.05, 0) is 50.7 Å². The van der Waals surface area contributed by atoms with Gasteiger partial charge in [-0.25, -0.2) is 4.98 Å². The molecule has 1 aliphatic heterocycles. The van der Waals surface area contributed by atoms with Crippen LogP contribution in [0.5, 0.6) is 0 Å². The van der Waals surface area contributed by atoms with Crippen LogP contribution in [-0.2, 0) is 30.5 Å². The molecule has 6 nitrogen and oxygen atoms in total. The third-order valence-corrected chi connectivity index (χ3v) is 6.47. The van der Waals surface area contributed by atoms with Crippen molar-refractivity contribution in [1.29, 1.82) is 0 Å². The van der Waals surface area contributed by atoms with Crippen LogP contribution >= 0.6 is 11.3 Å². The SMILES string of the molecule is CN(Cc1nc2c(s1)CCCC2)C(=NCC1CCCO1)NCCc1ccco1. The predicted octanol–water partition coefficient (Wildman–Crippen LogP) is 3.41. The fourth-order valence-corrected chi connectivity index (χ4v) is 5.00. The van der Waals surface area contributed by atoms with Crippen molar-refractivity contribution in [1.82, 2.24) is 15.2 Å². The summed E-state index contributed by atoms with van der Waals surface area (Å²) in [5.74, 6) is 1.90. The molecule has 28 heavy (non-hydrogen) atoms. The van der Waals surface area contributed by atoms with Crippen LogP contribution < -0.4 is 5.32 Å². The minimum Gasteiger partial charge on any atom is -0.469 e. The van der Waals surface area contributed by atoms with Crippen LogP contribution in [-0.4, -0.2) is 48.7 Å². The Labute approximate surface area is 171 Å². The smallest absolute Gasteiger partial charge is 0.194 e. The van der Waals surface area contributed by atoms with Crippen LogP contribution in [0, 0.1) is 0 Å². The van der Waals surface area contributed by atoms with E-state index in [-0.39, 0.29) is 6.10 Å². The van der Waals surface area contributed by atoms with Crippen molar-refractivity contribution >= 4 is 17.3 Å². The number of rotatable bonds is 7. The molecule has 1 aliphatic carbocycles. The number of thiazole rings is 1. The molecule has 0 saturated carbocycles. The zero-order valence-corrected chi connectivity index (χ0v) is 17.5. The lowest BCUT2D eigenvalue weighted by Crippen LogP contribution is -2.40. The molecule has 2 aromatic heterocycles. The van der Waals surface area contributed by atoms with E-state index in [1.54, 1.807) is 6.26 Å². The molecule has 1 saturated heterocycles. The Balaban J connectivity index is 1.38. The van der Waals surface area contributed by atoms with Crippen molar-refractivity contribution in [3.8, 4) is 0 Å². The highest BCUT2D eigenvalue weighted by atomic mass is 32.1. The zero-order chi connectivity index (χ0) is 19.2. The maximum absolute atomic E-state index is 5.74. The van der Waals surface area contributed by atoms with Crippen molar-refractivity contribution in [2.75, 3.05) is 26.7 Å². The van der Waals surface area contributed by atoms with E-state index in [1.807, 2.05) is 23.5 Å². The molecule has 1 N–H and O–H groups in total. The van der Waals surface area contributed by atoms with Crippen molar-refractivity contribution in [2.45, 2.75) is 57.6 Å². The second-order valence-electron chi connectivity index (χ2n) is 7.60. The van der Waals surface area contributed by atoms with E-state index < -0.39 is 0 Å². The molecule has 0 amide bonds. The van der Waals surface area contributed by atoms with Gasteiger partial charge in [0.05, 0.1) is 31.2 Å². The number of hydrogen-bond donors (Lipinski definition) is 1. The Bertz CT molecular complexity index is 742. The van der Waals surface area contributed by atoms with E-state index in [2.05, 4.69) is 17.3 Å². The monoisotopic (exact) mass is 402 g/mol. The number of furan rings is 1. The number of aliphatic imine (C=N–C) groups is 1. The molecule has 1 unspecified atom stereocenters. The van der Waals surface area contributed by atoms with Crippen LogP contribution in [0.15, 0.2) is 27.8 Å². The number of hydrogen-bond acceptors (Lipinski definition) is 5. The molecule has 0 aromatic carbocycles. The summed E-state index contributed by atoms with van der Waals surface area (Å²) in [5.41, 5.74) is 1.32. The fourth-order valence-electron chi connectivity index (χ4n) is 3.79. The molecule has 1 fully saturated rings. The largest absolute Gasteiger partial charge is 0.469 e. The van der Waals surface area contributed by atoms with Gasteiger partial charge in [0, 0.05) is 31.5 Å². The first-order valence-electron chi connectivity index (χ1n) is 10.4. The first-order chi connectivity index (χ1) is 13.8. The summed E-state index contributed by atoms with van der Waals surface area (Å²) in [6, 6.07) is 3.94. The lowest BCUT2D eigenvalue weighted by molar-refractivity contribution is 0.117. The maximum atomic E-state index is 5.74. The molecule has 2 aliphatic rings. The number of ether oxygens (including phenoxy) is 1. The standard InChI is InChI=1S/C21H30N4O2S/c1-25(15-20-24-18-8-2-3-9-19(18)28-20)21(23-14-17-7-5-13-27-17)22-11-10-16-6-4-12-26-16/h4,6,12,17H,2-3,5,7-11,13-15H2,1H3,(H,22,23). The molecule has 0 radical (unpaired) electrons. The molecule has 2 aromatic rings. The molecular formula is C21H30N4O2S. The van der Waals surface area contributed by atoms with Gasteiger partial charge in [-0.2, -0.15) is 0 Å². The van der Waals surface area contributed by atoms with E-state index in [9.17, 15) is 0 Å². The van der Waals surface area contributed by atoms with Gasteiger partial charge in [0.1, 0.15) is 10.8 Å². The Morgan fingerprint density at radius 2 is 2.29 bits per heavy atom. The molecule has 0 bridgehead atoms. The highest BCUT2D eigenvalue weighted by Gasteiger charge is 2.18. The Kier molecular flexibility index (Phi) is 6.65. The first-order valence-corrected chi connectivity index (χ1v) is 11.2. The van der Waals surface area contributed by atoms with E-state index in [1.165, 1.54) is 34.8 Å². The first kappa shape index (κ1) is 19.5. The summed E-state index contributed by atoms with van der Waals surface area (Å²) in [5, 5.41) is 4.69. The highest BCUT2D eigenvalue weighted by molar-refractivity contribution is 7.11. The second kappa shape index (κ2) is 9.56. The van der Waals surface area contributed by atoms with E-state index >= 15 is 0 Å². The summed E-state index contributed by atoms with van der Waals surface area (Å²) in [7, 11) is 2.09. The minimum absolute atomic E-state index is 0.252. The molecule has 4 rings (SSSR count). The normalized spacial score (nSPS) is 19.6. The lowest BCUT2D eigenvalue weighted by Gasteiger charge is -2.22. The van der Waals surface area contributed by atoms with Gasteiger partial charge < -0.3 is 19.4 Å². The average molecular weight is 403 g/mol. The van der Waals surface area contributed by atoms with Crippen LogP contribution in [0.1, 0.15) is 47.0 Å². The van der Waals surface area contributed by atoms with Gasteiger partial charge in [-0.1, -0.05) is 0 Å². The fraction of sp³-hybridized carbons (Fsp3) is 0.619. The number of nitrogens with zero attached hydrogens (tertiary/aromatic N) is 3. The Hall–Kier alpha value is -1.86. The quantitative estimate of drug-likeness (QED) is 0.568. The van der Waals surface area contributed by atoms with Gasteiger partial charge >= 0.3 is 0 Å². The molecule has 0 spiro atoms. The Morgan fingerprint density at radius 1 is 1.36 bits per heavy atom. The Morgan fingerprint density at radius 3 is 3.07 bits per heavy atom. The van der Waals surface area contributed by atoms with E-state index in [0.717, 1.165) is 57.1 Å².